The molecule has 19 heavy (non-hydrogen) atoms. The van der Waals surface area contributed by atoms with Crippen LogP contribution in [0.15, 0.2) is 30.3 Å². The number of hydrogen-bond donors (Lipinski definition) is 1. The van der Waals surface area contributed by atoms with E-state index in [0.717, 1.165) is 38.2 Å². The summed E-state index contributed by atoms with van der Waals surface area (Å²) >= 11 is 1.94. The normalized spacial score (nSPS) is 15.4. The number of hydrogen-bond acceptors (Lipinski definition) is 3. The quantitative estimate of drug-likeness (QED) is 0.867. The Bertz CT molecular complexity index is 574. The van der Waals surface area contributed by atoms with Crippen molar-refractivity contribution in [3.05, 3.63) is 51.2 Å². The highest BCUT2D eigenvalue weighted by atomic mass is 32.1. The molecule has 1 aliphatic rings. The van der Waals surface area contributed by atoms with Crippen molar-refractivity contribution >= 4 is 17.0 Å². The van der Waals surface area contributed by atoms with Crippen LogP contribution in [-0.4, -0.2) is 11.4 Å². The van der Waals surface area contributed by atoms with E-state index in [0.29, 0.717) is 0 Å². The minimum Gasteiger partial charge on any atom is -0.399 e. The molecule has 0 radical (unpaired) electrons. The van der Waals surface area contributed by atoms with E-state index in [9.17, 15) is 0 Å². The molecule has 0 amide bonds. The predicted octanol–water partition coefficient (Wildman–Crippen LogP) is 3.45. The summed E-state index contributed by atoms with van der Waals surface area (Å²) in [6.07, 6.45) is 2.28. The maximum Gasteiger partial charge on any atom is 0.0331 e. The molecule has 2 nitrogen and oxygen atoms in total. The Hall–Kier alpha value is -1.32. The fourth-order valence-electron chi connectivity index (χ4n) is 2.69. The average Bonchev–Trinajstić information content (AvgIpc) is 2.86. The van der Waals surface area contributed by atoms with Gasteiger partial charge in [-0.25, -0.2) is 0 Å². The summed E-state index contributed by atoms with van der Waals surface area (Å²) in [5.74, 6) is 0. The zero-order valence-corrected chi connectivity index (χ0v) is 12.2. The second-order valence-corrected chi connectivity index (χ2v) is 6.46. The second kappa shape index (κ2) is 5.35. The predicted molar refractivity (Wildman–Crippen MR) is 82.4 cm³/mol. The van der Waals surface area contributed by atoms with Gasteiger partial charge < -0.3 is 5.73 Å². The highest BCUT2D eigenvalue weighted by Crippen LogP contribution is 2.25. The van der Waals surface area contributed by atoms with Gasteiger partial charge in [-0.05, 0) is 48.2 Å². The van der Waals surface area contributed by atoms with Gasteiger partial charge in [0.15, 0.2) is 0 Å². The zero-order valence-electron chi connectivity index (χ0n) is 11.4. The van der Waals surface area contributed by atoms with Crippen LogP contribution in [0.5, 0.6) is 0 Å². The Morgan fingerprint density at radius 2 is 2.00 bits per heavy atom. The number of aryl methyl sites for hydroxylation is 1. The molecule has 3 heteroatoms. The molecule has 0 bridgehead atoms. The van der Waals surface area contributed by atoms with Gasteiger partial charge in [0.2, 0.25) is 0 Å². The summed E-state index contributed by atoms with van der Waals surface area (Å²) < 4.78 is 0. The molecule has 0 spiro atoms. The van der Waals surface area contributed by atoms with Crippen molar-refractivity contribution in [2.24, 2.45) is 0 Å². The molecule has 0 atom stereocenters. The lowest BCUT2D eigenvalue weighted by molar-refractivity contribution is 0.248. The van der Waals surface area contributed by atoms with Gasteiger partial charge in [-0.2, -0.15) is 0 Å². The van der Waals surface area contributed by atoms with Gasteiger partial charge in [0.25, 0.3) is 0 Å². The zero-order chi connectivity index (χ0) is 13.2. The van der Waals surface area contributed by atoms with E-state index in [1.165, 1.54) is 20.9 Å². The molecule has 0 fully saturated rings. The summed E-state index contributed by atoms with van der Waals surface area (Å²) in [5, 5.41) is 0. The first-order valence-electron chi connectivity index (χ1n) is 6.92. The number of nitrogens with zero attached hydrogens (tertiary/aromatic N) is 1. The highest BCUT2D eigenvalue weighted by Gasteiger charge is 2.16. The third-order valence-corrected chi connectivity index (χ3v) is 4.98. The van der Waals surface area contributed by atoms with Gasteiger partial charge in [-0.3, -0.25) is 4.90 Å². The van der Waals surface area contributed by atoms with Crippen molar-refractivity contribution in [1.82, 2.24) is 4.90 Å². The molecule has 0 aliphatic carbocycles. The van der Waals surface area contributed by atoms with E-state index in [-0.39, 0.29) is 0 Å². The average molecular weight is 272 g/mol. The van der Waals surface area contributed by atoms with Crippen LogP contribution in [0.4, 0.5) is 5.69 Å². The van der Waals surface area contributed by atoms with Crippen molar-refractivity contribution in [3.8, 4) is 0 Å². The number of fused-ring (bicyclic) bond motifs is 1. The van der Waals surface area contributed by atoms with Crippen molar-refractivity contribution < 1.29 is 0 Å². The van der Waals surface area contributed by atoms with Crippen LogP contribution < -0.4 is 5.73 Å². The molecule has 3 rings (SSSR count). The van der Waals surface area contributed by atoms with Crippen LogP contribution in [0.25, 0.3) is 0 Å². The summed E-state index contributed by atoms with van der Waals surface area (Å²) in [7, 11) is 0. The lowest BCUT2D eigenvalue weighted by atomic mass is 9.99. The van der Waals surface area contributed by atoms with Gasteiger partial charge in [0.1, 0.15) is 0 Å². The van der Waals surface area contributed by atoms with Crippen molar-refractivity contribution in [3.63, 3.8) is 0 Å². The van der Waals surface area contributed by atoms with Crippen LogP contribution in [0, 0.1) is 0 Å². The molecule has 0 unspecified atom stereocenters. The Morgan fingerprint density at radius 3 is 2.79 bits per heavy atom. The maximum absolute atomic E-state index is 5.88. The number of nitrogens with two attached hydrogens (primary N) is 1. The van der Waals surface area contributed by atoms with Crippen LogP contribution >= 0.6 is 11.3 Å². The van der Waals surface area contributed by atoms with E-state index < -0.39 is 0 Å². The second-order valence-electron chi connectivity index (χ2n) is 5.21. The first-order chi connectivity index (χ1) is 9.24. The Kier molecular flexibility index (Phi) is 3.58. The number of nitrogen functional groups attached to an aromatic ring is 1. The minimum absolute atomic E-state index is 0.880. The summed E-state index contributed by atoms with van der Waals surface area (Å²) in [4.78, 5) is 5.48. The molecule has 2 N–H and O–H groups in total. The molecule has 0 saturated carbocycles. The third kappa shape index (κ3) is 2.82. The van der Waals surface area contributed by atoms with E-state index in [2.05, 4.69) is 36.1 Å². The van der Waals surface area contributed by atoms with Crippen molar-refractivity contribution in [2.75, 3.05) is 12.3 Å². The number of thiophene rings is 1. The maximum atomic E-state index is 5.88. The molecule has 1 aliphatic heterocycles. The van der Waals surface area contributed by atoms with Crippen molar-refractivity contribution in [1.29, 1.82) is 0 Å². The molecular weight excluding hydrogens is 252 g/mol. The van der Waals surface area contributed by atoms with E-state index >= 15 is 0 Å². The standard InChI is InChI=1S/C16H20N2S/c1-2-15-5-6-16(19-15)11-18-8-7-12-3-4-14(17)9-13(12)10-18/h3-6,9H,2,7-8,10-11,17H2,1H3. The first-order valence-corrected chi connectivity index (χ1v) is 7.73. The number of benzene rings is 1. The van der Waals surface area contributed by atoms with Crippen LogP contribution in [-0.2, 0) is 25.9 Å². The van der Waals surface area contributed by atoms with E-state index in [4.69, 9.17) is 5.73 Å². The van der Waals surface area contributed by atoms with Gasteiger partial charge in [0, 0.05) is 35.1 Å². The number of rotatable bonds is 3. The highest BCUT2D eigenvalue weighted by molar-refractivity contribution is 7.11. The Balaban J connectivity index is 1.71. The van der Waals surface area contributed by atoms with Crippen LogP contribution in [0.2, 0.25) is 0 Å². The molecule has 0 saturated heterocycles. The van der Waals surface area contributed by atoms with Crippen molar-refractivity contribution in [2.45, 2.75) is 32.9 Å². The van der Waals surface area contributed by atoms with Crippen LogP contribution in [0.1, 0.15) is 27.8 Å². The molecule has 100 valence electrons. The fraction of sp³-hybridized carbons (Fsp3) is 0.375. The minimum atomic E-state index is 0.880. The Morgan fingerprint density at radius 1 is 1.16 bits per heavy atom. The smallest absolute Gasteiger partial charge is 0.0331 e. The van der Waals surface area contributed by atoms with Gasteiger partial charge >= 0.3 is 0 Å². The van der Waals surface area contributed by atoms with Gasteiger partial charge in [0.05, 0.1) is 0 Å². The Labute approximate surface area is 118 Å². The van der Waals surface area contributed by atoms with Gasteiger partial charge in [-0.15, -0.1) is 11.3 Å². The fourth-order valence-corrected chi connectivity index (χ4v) is 3.69. The van der Waals surface area contributed by atoms with E-state index in [1.807, 2.05) is 17.4 Å². The largest absolute Gasteiger partial charge is 0.399 e. The van der Waals surface area contributed by atoms with E-state index in [1.54, 1.807) is 0 Å². The topological polar surface area (TPSA) is 29.3 Å². The van der Waals surface area contributed by atoms with Gasteiger partial charge in [-0.1, -0.05) is 13.0 Å². The lowest BCUT2D eigenvalue weighted by Crippen LogP contribution is -2.29. The van der Waals surface area contributed by atoms with Crippen LogP contribution in [0.3, 0.4) is 0 Å². The third-order valence-electron chi connectivity index (χ3n) is 3.77. The molecule has 2 heterocycles. The molecular formula is C16H20N2S. The lowest BCUT2D eigenvalue weighted by Gasteiger charge is -2.28. The molecule has 2 aromatic rings. The summed E-state index contributed by atoms with van der Waals surface area (Å²) in [5.41, 5.74) is 9.63. The monoisotopic (exact) mass is 272 g/mol. The summed E-state index contributed by atoms with van der Waals surface area (Å²) in [6, 6.07) is 10.9. The number of anilines is 1. The molecule has 1 aromatic carbocycles. The first kappa shape index (κ1) is 12.7. The molecule has 1 aromatic heterocycles. The SMILES string of the molecule is CCc1ccc(CN2CCc3ccc(N)cc3C2)s1. The summed E-state index contributed by atoms with van der Waals surface area (Å²) in [6.45, 7) is 5.46.